The van der Waals surface area contributed by atoms with E-state index < -0.39 is 127 Å². The summed E-state index contributed by atoms with van der Waals surface area (Å²) in [6.45, 7) is 2.45. The van der Waals surface area contributed by atoms with Gasteiger partial charge < -0.3 is 89.0 Å². The van der Waals surface area contributed by atoms with E-state index in [0.717, 1.165) is 11.9 Å². The topological polar surface area (TPSA) is 301 Å². The molecule has 10 N–H and O–H groups in total. The molecule has 60 heavy (non-hydrogen) atoms. The van der Waals surface area contributed by atoms with E-state index in [0.29, 0.717) is 51.4 Å². The molecule has 8 rings (SSSR count). The van der Waals surface area contributed by atoms with E-state index in [9.17, 15) is 60.7 Å². The lowest BCUT2D eigenvalue weighted by Gasteiger charge is -2.65. The molecule has 0 radical (unpaired) electrons. The molecule has 3 saturated heterocycles. The largest absolute Gasteiger partial charge is 0.458 e. The molecule has 0 aromatic heterocycles. The van der Waals surface area contributed by atoms with Crippen molar-refractivity contribution in [3.05, 3.63) is 11.6 Å². The third-order valence-electron chi connectivity index (χ3n) is 16.1. The number of rotatable bonds is 10. The summed E-state index contributed by atoms with van der Waals surface area (Å²) < 4.78 is 40.4. The van der Waals surface area contributed by atoms with Crippen molar-refractivity contribution >= 4 is 12.3 Å². The normalized spacial score (nSPS) is 54.3. The van der Waals surface area contributed by atoms with E-state index in [-0.39, 0.29) is 43.2 Å². The average molecular weight is 859 g/mol. The molecule has 0 aromatic rings. The molecule has 0 aromatic carbocycles. The minimum absolute atomic E-state index is 0.00494. The zero-order valence-corrected chi connectivity index (χ0v) is 33.9. The first-order valence-corrected chi connectivity index (χ1v) is 21.5. The molecule has 4 heterocycles. The molecule has 0 spiro atoms. The zero-order valence-electron chi connectivity index (χ0n) is 33.9. The number of cyclic esters (lactones) is 1. The van der Waals surface area contributed by atoms with E-state index in [1.165, 1.54) is 0 Å². The van der Waals surface area contributed by atoms with Crippen LogP contribution in [0, 0.1) is 28.6 Å². The van der Waals surface area contributed by atoms with Gasteiger partial charge in [-0.15, -0.1) is 0 Å². The minimum atomic E-state index is -1.82. The summed E-state index contributed by atoms with van der Waals surface area (Å²) in [7, 11) is 0. The van der Waals surface area contributed by atoms with Crippen LogP contribution in [0.25, 0.3) is 0 Å². The van der Waals surface area contributed by atoms with Gasteiger partial charge in [0, 0.05) is 24.3 Å². The molecule has 0 unspecified atom stereocenters. The predicted molar refractivity (Wildman–Crippen MR) is 199 cm³/mol. The smallest absolute Gasteiger partial charge is 0.331 e. The molecule has 4 saturated carbocycles. The van der Waals surface area contributed by atoms with Gasteiger partial charge in [-0.2, -0.15) is 0 Å². The van der Waals surface area contributed by atoms with Gasteiger partial charge in [0.05, 0.1) is 48.1 Å². The average Bonchev–Trinajstić information content (AvgIpc) is 3.77. The molecule has 340 valence electrons. The predicted octanol–water partition coefficient (Wildman–Crippen LogP) is -2.57. The van der Waals surface area contributed by atoms with E-state index >= 15 is 0 Å². The van der Waals surface area contributed by atoms with Gasteiger partial charge in [0.2, 0.25) is 0 Å². The Morgan fingerprint density at radius 1 is 0.767 bits per heavy atom. The highest BCUT2D eigenvalue weighted by Gasteiger charge is 2.71. The number of esters is 1. The lowest BCUT2D eigenvalue weighted by Crippen LogP contribution is -2.69. The number of aliphatic hydroxyl groups is 10. The molecule has 19 nitrogen and oxygen atoms in total. The summed E-state index contributed by atoms with van der Waals surface area (Å²) in [5, 5.41) is 109. The summed E-state index contributed by atoms with van der Waals surface area (Å²) in [6.07, 6.45) is -14.4. The number of hydrogen-bond acceptors (Lipinski definition) is 19. The zero-order chi connectivity index (χ0) is 43.1. The quantitative estimate of drug-likeness (QED) is 0.0613. The summed E-state index contributed by atoms with van der Waals surface area (Å²) in [5.41, 5.74) is -3.15. The van der Waals surface area contributed by atoms with Crippen molar-refractivity contribution in [2.45, 2.75) is 181 Å². The van der Waals surface area contributed by atoms with Crippen LogP contribution in [0.2, 0.25) is 0 Å². The summed E-state index contributed by atoms with van der Waals surface area (Å²) >= 11 is 0. The summed E-state index contributed by atoms with van der Waals surface area (Å²) in [4.78, 5) is 25.2. The number of aldehydes is 1. The number of hydrogen-bond donors (Lipinski definition) is 10. The first-order valence-electron chi connectivity index (χ1n) is 21.5. The van der Waals surface area contributed by atoms with Crippen molar-refractivity contribution in [2.24, 2.45) is 28.6 Å². The fourth-order valence-electron chi connectivity index (χ4n) is 12.8. The standard InChI is InChI=1S/C41H62O19/c1-18-34(59-37-33(51)31(49)35(26(15-43)58-37)60-36-32(50)30(48)29(47)25(14-42)57-36)24(45)12-28(55-18)56-20-3-8-39(17-44)22-4-7-38(2)21(19-11-27(46)54-16-19)6-10-41(38,53)23(22)5-9-40(39,52)13-20/h11,17-18,20-26,28-37,42-43,45,47-53H,3-10,12-16H2,1-2H3/t18-,20+,21-,22+,23+,24+,25-,26-,28+,29-,30+,31-,32-,33-,34-,35-,36+,37+,38-,39+,40+,41+/m1/s1. The van der Waals surface area contributed by atoms with Crippen molar-refractivity contribution in [1.82, 2.24) is 0 Å². The molecule has 19 heteroatoms. The van der Waals surface area contributed by atoms with Gasteiger partial charge in [-0.05, 0) is 81.6 Å². The maximum atomic E-state index is 13.3. The Morgan fingerprint density at radius 2 is 1.43 bits per heavy atom. The van der Waals surface area contributed by atoms with E-state index in [4.69, 9.17) is 33.2 Å². The molecule has 4 aliphatic heterocycles. The van der Waals surface area contributed by atoms with Crippen LogP contribution in [0.1, 0.15) is 78.1 Å². The van der Waals surface area contributed by atoms with E-state index in [1.807, 2.05) is 0 Å². The first-order chi connectivity index (χ1) is 28.4. The highest BCUT2D eigenvalue weighted by atomic mass is 16.8. The highest BCUT2D eigenvalue weighted by Crippen LogP contribution is 2.70. The Kier molecular flexibility index (Phi) is 12.4. The Hall–Kier alpha value is -1.76. The Labute approximate surface area is 347 Å². The number of ether oxygens (including phenoxy) is 7. The lowest BCUT2D eigenvalue weighted by atomic mass is 9.41. The maximum absolute atomic E-state index is 13.3. The van der Waals surface area contributed by atoms with Gasteiger partial charge in [0.25, 0.3) is 0 Å². The molecule has 0 amide bonds. The fraction of sp³-hybridized carbons (Fsp3) is 0.902. The van der Waals surface area contributed by atoms with Crippen LogP contribution in [0.5, 0.6) is 0 Å². The van der Waals surface area contributed by atoms with Gasteiger partial charge >= 0.3 is 5.97 Å². The monoisotopic (exact) mass is 858 g/mol. The second-order valence-electron chi connectivity index (χ2n) is 18.9. The van der Waals surface area contributed by atoms with Gasteiger partial charge in [0.1, 0.15) is 67.8 Å². The van der Waals surface area contributed by atoms with Crippen LogP contribution >= 0.6 is 0 Å². The lowest BCUT2D eigenvalue weighted by molar-refractivity contribution is -0.373. The fourth-order valence-corrected chi connectivity index (χ4v) is 12.8. The van der Waals surface area contributed by atoms with Crippen LogP contribution in [0.4, 0.5) is 0 Å². The third-order valence-corrected chi connectivity index (χ3v) is 16.1. The Morgan fingerprint density at radius 3 is 2.08 bits per heavy atom. The number of fused-ring (bicyclic) bond motifs is 5. The van der Waals surface area contributed by atoms with Gasteiger partial charge in [-0.3, -0.25) is 0 Å². The second kappa shape index (κ2) is 16.7. The van der Waals surface area contributed by atoms with E-state index in [2.05, 4.69) is 6.92 Å². The summed E-state index contributed by atoms with van der Waals surface area (Å²) in [6, 6.07) is 0. The molecule has 0 bridgehead atoms. The summed E-state index contributed by atoms with van der Waals surface area (Å²) in [5.74, 6) is -0.820. The SMILES string of the molecule is C[C@H]1O[C@@H](O[C@H]2CC[C@]3(C=O)[C@H]4CC[C@]5(C)[C@@H](C6=CC(=O)OC6)CC[C@]5(O)[C@H]4CC[C@]3(O)C2)C[C@H](O)[C@@H]1O[C@@H]1O[C@H](CO)[C@@H](O[C@@H]2O[C@H](CO)[C@@H](O)[C@H](O)[C@H]2O)[C@H](O)[C@H]1O. The van der Waals surface area contributed by atoms with Crippen molar-refractivity contribution in [3.63, 3.8) is 0 Å². The molecule has 4 aliphatic carbocycles. The van der Waals surface area contributed by atoms with Crippen molar-refractivity contribution in [3.8, 4) is 0 Å². The van der Waals surface area contributed by atoms with Crippen molar-refractivity contribution in [2.75, 3.05) is 19.8 Å². The Balaban J connectivity index is 0.876. The highest BCUT2D eigenvalue weighted by molar-refractivity contribution is 5.85. The number of carbonyl (C=O) groups excluding carboxylic acids is 2. The molecule has 8 aliphatic rings. The van der Waals surface area contributed by atoms with Crippen LogP contribution in [0.3, 0.4) is 0 Å². The van der Waals surface area contributed by atoms with Crippen LogP contribution < -0.4 is 0 Å². The molecule has 7 fully saturated rings. The van der Waals surface area contributed by atoms with Crippen LogP contribution in [0.15, 0.2) is 11.6 Å². The van der Waals surface area contributed by atoms with Crippen LogP contribution in [-0.2, 0) is 42.7 Å². The van der Waals surface area contributed by atoms with Gasteiger partial charge in [-0.1, -0.05) is 6.92 Å². The van der Waals surface area contributed by atoms with Crippen LogP contribution in [-0.4, -0.2) is 186 Å². The van der Waals surface area contributed by atoms with Gasteiger partial charge in [0.15, 0.2) is 18.9 Å². The maximum Gasteiger partial charge on any atom is 0.331 e. The molecular weight excluding hydrogens is 796 g/mol. The first kappa shape index (κ1) is 44.8. The Bertz CT molecular complexity index is 1600. The number of aliphatic hydroxyl groups excluding tert-OH is 8. The van der Waals surface area contributed by atoms with Gasteiger partial charge in [-0.25, -0.2) is 4.79 Å². The third kappa shape index (κ3) is 7.12. The minimum Gasteiger partial charge on any atom is -0.458 e. The number of carbonyl (C=O) groups is 2. The van der Waals surface area contributed by atoms with Crippen molar-refractivity contribution in [1.29, 1.82) is 0 Å². The van der Waals surface area contributed by atoms with Crippen molar-refractivity contribution < 1.29 is 93.8 Å². The van der Waals surface area contributed by atoms with E-state index in [1.54, 1.807) is 13.0 Å². The molecular formula is C41H62O19. The molecule has 22 atom stereocenters. The second-order valence-corrected chi connectivity index (χ2v) is 18.9.